The molecule has 0 unspecified atom stereocenters. The van der Waals surface area contributed by atoms with Crippen molar-refractivity contribution in [2.24, 2.45) is 0 Å². The van der Waals surface area contributed by atoms with E-state index in [1.54, 1.807) is 12.1 Å². The Hall–Kier alpha value is -2.65. The van der Waals surface area contributed by atoms with Crippen LogP contribution in [0.1, 0.15) is 30.0 Å². The number of carboxylic acids is 1. The van der Waals surface area contributed by atoms with Gasteiger partial charge in [0.05, 0.1) is 17.7 Å². The van der Waals surface area contributed by atoms with Gasteiger partial charge in [-0.2, -0.15) is 0 Å². The molecule has 9 heteroatoms. The molecule has 0 bridgehead atoms. The van der Waals surface area contributed by atoms with Crippen LogP contribution in [0.15, 0.2) is 52.0 Å². The molecule has 1 amide bonds. The molecule has 1 aromatic heterocycles. The first-order chi connectivity index (χ1) is 12.1. The fourth-order valence-electron chi connectivity index (χ4n) is 2.03. The fraction of sp³-hybridized carbons (Fsp3) is 0.294. The second-order valence-electron chi connectivity index (χ2n) is 6.16. The number of likely N-dealkylation sites (N-methyl/N-ethyl adjacent to an activating group) is 1. The summed E-state index contributed by atoms with van der Waals surface area (Å²) in [5, 5.41) is 9.21. The minimum Gasteiger partial charge on any atom is -0.480 e. The number of carbonyl (C=O) groups excluding carboxylic acids is 1. The molecule has 0 saturated carbocycles. The van der Waals surface area contributed by atoms with Gasteiger partial charge in [-0.1, -0.05) is 0 Å². The van der Waals surface area contributed by atoms with Crippen molar-refractivity contribution in [3.8, 4) is 0 Å². The van der Waals surface area contributed by atoms with Crippen molar-refractivity contribution in [1.82, 2.24) is 9.62 Å². The molecule has 0 aliphatic heterocycles. The van der Waals surface area contributed by atoms with Crippen LogP contribution in [0.25, 0.3) is 0 Å². The predicted molar refractivity (Wildman–Crippen MR) is 93.0 cm³/mol. The zero-order valence-electron chi connectivity index (χ0n) is 14.6. The Balaban J connectivity index is 2.14. The molecular weight excluding hydrogens is 360 g/mol. The second-order valence-corrected chi connectivity index (χ2v) is 7.92. The Kier molecular flexibility index (Phi) is 5.53. The van der Waals surface area contributed by atoms with Gasteiger partial charge in [-0.25, -0.2) is 17.9 Å². The van der Waals surface area contributed by atoms with Crippen molar-refractivity contribution in [3.05, 3.63) is 54.0 Å². The van der Waals surface area contributed by atoms with Crippen LogP contribution in [0.5, 0.6) is 0 Å². The number of sulfonamides is 1. The summed E-state index contributed by atoms with van der Waals surface area (Å²) < 4.78 is 32.0. The summed E-state index contributed by atoms with van der Waals surface area (Å²) in [6, 6.07) is 8.57. The molecule has 1 aromatic carbocycles. The fourth-order valence-corrected chi connectivity index (χ4v) is 3.02. The standard InChI is InChI=1S/C17H20N2O6S/c1-17(2,16(21)22)19(3)15(20)12-6-8-14(9-7-12)26(23,24)18-11-13-5-4-10-25-13/h4-10,18H,11H2,1-3H3,(H,21,22). The Morgan fingerprint density at radius 1 is 1.19 bits per heavy atom. The van der Waals surface area contributed by atoms with E-state index in [0.29, 0.717) is 5.76 Å². The molecule has 2 rings (SSSR count). The normalized spacial score (nSPS) is 12.0. The highest BCUT2D eigenvalue weighted by molar-refractivity contribution is 7.89. The summed E-state index contributed by atoms with van der Waals surface area (Å²) in [4.78, 5) is 24.8. The van der Waals surface area contributed by atoms with Gasteiger partial charge in [0, 0.05) is 12.6 Å². The number of rotatable bonds is 7. The van der Waals surface area contributed by atoms with E-state index in [1.807, 2.05) is 0 Å². The summed E-state index contributed by atoms with van der Waals surface area (Å²) in [6.45, 7) is 2.82. The van der Waals surface area contributed by atoms with Gasteiger partial charge in [-0.15, -0.1) is 0 Å². The monoisotopic (exact) mass is 380 g/mol. The maximum absolute atomic E-state index is 12.4. The summed E-state index contributed by atoms with van der Waals surface area (Å²) >= 11 is 0. The number of aliphatic carboxylic acids is 1. The van der Waals surface area contributed by atoms with Gasteiger partial charge < -0.3 is 14.4 Å². The molecule has 2 aromatic rings. The van der Waals surface area contributed by atoms with E-state index >= 15 is 0 Å². The van der Waals surface area contributed by atoms with Gasteiger partial charge >= 0.3 is 5.97 Å². The second kappa shape index (κ2) is 7.30. The lowest BCUT2D eigenvalue weighted by atomic mass is 10.0. The van der Waals surface area contributed by atoms with Gasteiger partial charge in [0.2, 0.25) is 10.0 Å². The van der Waals surface area contributed by atoms with Crippen molar-refractivity contribution >= 4 is 21.9 Å². The largest absolute Gasteiger partial charge is 0.480 e. The minimum atomic E-state index is -3.77. The number of carbonyl (C=O) groups is 2. The van der Waals surface area contributed by atoms with Crippen molar-refractivity contribution in [3.63, 3.8) is 0 Å². The van der Waals surface area contributed by atoms with Crippen LogP contribution in [-0.2, 0) is 21.4 Å². The molecule has 0 atom stereocenters. The first-order valence-corrected chi connectivity index (χ1v) is 9.17. The summed E-state index contributed by atoms with van der Waals surface area (Å²) in [6.07, 6.45) is 1.44. The average Bonchev–Trinajstić information content (AvgIpc) is 3.12. The van der Waals surface area contributed by atoms with E-state index < -0.39 is 27.4 Å². The molecule has 0 aliphatic carbocycles. The zero-order chi connectivity index (χ0) is 19.5. The van der Waals surface area contributed by atoms with E-state index in [-0.39, 0.29) is 17.0 Å². The van der Waals surface area contributed by atoms with Crippen LogP contribution in [0, 0.1) is 0 Å². The third-order valence-corrected chi connectivity index (χ3v) is 5.51. The Labute approximate surface area is 151 Å². The predicted octanol–water partition coefficient (Wildman–Crippen LogP) is 1.69. The lowest BCUT2D eigenvalue weighted by Crippen LogP contribution is -2.50. The van der Waals surface area contributed by atoms with Crippen LogP contribution in [0.3, 0.4) is 0 Å². The first-order valence-electron chi connectivity index (χ1n) is 7.69. The van der Waals surface area contributed by atoms with Crippen LogP contribution in [0.4, 0.5) is 0 Å². The summed E-state index contributed by atoms with van der Waals surface area (Å²) in [5.41, 5.74) is -1.21. The minimum absolute atomic E-state index is 0.00551. The number of amides is 1. The highest BCUT2D eigenvalue weighted by atomic mass is 32.2. The maximum atomic E-state index is 12.4. The lowest BCUT2D eigenvalue weighted by Gasteiger charge is -2.31. The van der Waals surface area contributed by atoms with Crippen LogP contribution >= 0.6 is 0 Å². The number of benzene rings is 1. The van der Waals surface area contributed by atoms with Crippen molar-refractivity contribution in [2.75, 3.05) is 7.05 Å². The van der Waals surface area contributed by atoms with E-state index in [2.05, 4.69) is 4.72 Å². The molecule has 0 spiro atoms. The van der Waals surface area contributed by atoms with Crippen molar-refractivity contribution in [2.45, 2.75) is 30.8 Å². The average molecular weight is 380 g/mol. The Bertz CT molecular complexity index is 886. The zero-order valence-corrected chi connectivity index (χ0v) is 15.4. The van der Waals surface area contributed by atoms with Crippen molar-refractivity contribution in [1.29, 1.82) is 0 Å². The molecule has 0 saturated heterocycles. The molecule has 0 fully saturated rings. The SMILES string of the molecule is CN(C(=O)c1ccc(S(=O)(=O)NCc2ccco2)cc1)C(C)(C)C(=O)O. The molecule has 26 heavy (non-hydrogen) atoms. The maximum Gasteiger partial charge on any atom is 0.329 e. The number of nitrogens with one attached hydrogen (secondary N) is 1. The molecule has 0 radical (unpaired) electrons. The quantitative estimate of drug-likeness (QED) is 0.755. The number of nitrogens with zero attached hydrogens (tertiary/aromatic N) is 1. The number of furan rings is 1. The molecular formula is C17H20N2O6S. The molecule has 2 N–H and O–H groups in total. The Morgan fingerprint density at radius 3 is 2.31 bits per heavy atom. The third kappa shape index (κ3) is 4.12. The van der Waals surface area contributed by atoms with Gasteiger partial charge in [-0.05, 0) is 50.2 Å². The van der Waals surface area contributed by atoms with Crippen LogP contribution in [-0.4, -0.2) is 42.9 Å². The number of hydrogen-bond donors (Lipinski definition) is 2. The number of hydrogen-bond acceptors (Lipinski definition) is 5. The van der Waals surface area contributed by atoms with Gasteiger partial charge in [0.25, 0.3) is 5.91 Å². The van der Waals surface area contributed by atoms with E-state index in [1.165, 1.54) is 51.4 Å². The molecule has 0 aliphatic rings. The van der Waals surface area contributed by atoms with Gasteiger partial charge in [-0.3, -0.25) is 4.79 Å². The van der Waals surface area contributed by atoms with E-state index in [9.17, 15) is 23.1 Å². The topological polar surface area (TPSA) is 117 Å². The lowest BCUT2D eigenvalue weighted by molar-refractivity contribution is -0.147. The van der Waals surface area contributed by atoms with Crippen LogP contribution < -0.4 is 4.72 Å². The summed E-state index contributed by atoms with van der Waals surface area (Å²) in [5.74, 6) is -1.20. The first kappa shape index (κ1) is 19.7. The summed E-state index contributed by atoms with van der Waals surface area (Å²) in [7, 11) is -2.39. The van der Waals surface area contributed by atoms with Gasteiger partial charge in [0.1, 0.15) is 11.3 Å². The molecule has 1 heterocycles. The Morgan fingerprint density at radius 2 is 1.81 bits per heavy atom. The molecule has 140 valence electrons. The van der Waals surface area contributed by atoms with E-state index in [4.69, 9.17) is 4.42 Å². The highest BCUT2D eigenvalue weighted by Crippen LogP contribution is 2.18. The van der Waals surface area contributed by atoms with Gasteiger partial charge in [0.15, 0.2) is 0 Å². The number of carboxylic acid groups (broad SMARTS) is 1. The van der Waals surface area contributed by atoms with Crippen molar-refractivity contribution < 1.29 is 27.5 Å². The third-order valence-electron chi connectivity index (χ3n) is 4.09. The molecule has 8 nitrogen and oxygen atoms in total. The van der Waals surface area contributed by atoms with E-state index in [0.717, 1.165) is 4.90 Å². The smallest absolute Gasteiger partial charge is 0.329 e. The van der Waals surface area contributed by atoms with Crippen LogP contribution in [0.2, 0.25) is 0 Å². The highest BCUT2D eigenvalue weighted by Gasteiger charge is 2.35.